The molecule has 0 aromatic heterocycles. The van der Waals surface area contributed by atoms with Gasteiger partial charge in [-0.1, -0.05) is 0 Å². The second-order valence-electron chi connectivity index (χ2n) is 3.27. The van der Waals surface area contributed by atoms with Crippen molar-refractivity contribution in [3.8, 4) is 0 Å². The maximum absolute atomic E-state index is 10.8. The van der Waals surface area contributed by atoms with Gasteiger partial charge in [-0.05, 0) is 0 Å². The van der Waals surface area contributed by atoms with Gasteiger partial charge in [0.2, 0.25) is 0 Å². The van der Waals surface area contributed by atoms with Gasteiger partial charge in [-0.15, -0.1) is 0 Å². The van der Waals surface area contributed by atoms with Crippen molar-refractivity contribution in [3.63, 3.8) is 0 Å². The molecule has 0 aromatic carbocycles. The first-order valence-corrected chi connectivity index (χ1v) is 6.06. The molecule has 0 aliphatic heterocycles. The minimum absolute atomic E-state index is 1.13. The average Bonchev–Trinajstić information content (AvgIpc) is 2.31. The van der Waals surface area contributed by atoms with Crippen LogP contribution in [0.3, 0.4) is 0 Å². The molecule has 11 heteroatoms. The van der Waals surface area contributed by atoms with Crippen molar-refractivity contribution in [1.82, 2.24) is 0 Å². The predicted octanol–water partition coefficient (Wildman–Crippen LogP) is -3.90. The van der Waals surface area contributed by atoms with Crippen LogP contribution in [0.15, 0.2) is 0 Å². The summed E-state index contributed by atoms with van der Waals surface area (Å²) >= 11 is 0. The van der Waals surface area contributed by atoms with Crippen molar-refractivity contribution < 1.29 is 50.6 Å². The maximum Gasteiger partial charge on any atom is 0.469 e. The molecule has 7 N–H and O–H groups in total. The summed E-state index contributed by atoms with van der Waals surface area (Å²) in [5.74, 6) is -1.25. The van der Waals surface area contributed by atoms with Crippen LogP contribution in [-0.4, -0.2) is 78.7 Å². The number of aliphatic hydroxyl groups excluding tert-OH is 5. The van der Waals surface area contributed by atoms with Gasteiger partial charge < -0.3 is 35.3 Å². The van der Waals surface area contributed by atoms with Crippen LogP contribution < -0.4 is 0 Å². The van der Waals surface area contributed by atoms with E-state index in [4.69, 9.17) is 21.4 Å². The molecule has 1 unspecified atom stereocenters. The molecule has 5 atom stereocenters. The molecule has 0 aromatic rings. The van der Waals surface area contributed by atoms with Gasteiger partial charge >= 0.3 is 7.82 Å². The van der Waals surface area contributed by atoms with E-state index in [1.807, 2.05) is 0 Å². The van der Waals surface area contributed by atoms with Crippen molar-refractivity contribution in [2.24, 2.45) is 0 Å². The molecule has 108 valence electrons. The zero-order valence-corrected chi connectivity index (χ0v) is 9.79. The van der Waals surface area contributed by atoms with E-state index in [-0.39, 0.29) is 0 Å². The zero-order chi connectivity index (χ0) is 15.4. The number of ketones is 1. The van der Waals surface area contributed by atoms with Crippen molar-refractivity contribution in [2.45, 2.75) is 24.4 Å². The van der Waals surface area contributed by atoms with Gasteiger partial charge in [-0.25, -0.2) is 4.57 Å². The lowest BCUT2D eigenvalue weighted by molar-refractivity contribution is -0.149. The van der Waals surface area contributed by atoms with Gasteiger partial charge in [0.1, 0.15) is 31.0 Å². The van der Waals surface area contributed by atoms with Gasteiger partial charge in [0, 0.05) is 0 Å². The van der Waals surface area contributed by atoms with Crippen LogP contribution in [0.1, 0.15) is 1.37 Å². The largest absolute Gasteiger partial charge is 0.469 e. The molecule has 0 fully saturated rings. The number of phosphoric acid groups is 1. The molecule has 0 amide bonds. The molecule has 0 saturated carbocycles. The van der Waals surface area contributed by atoms with E-state index in [0.29, 0.717) is 0 Å². The molecule has 0 heterocycles. The Hall–Kier alpha value is -0.420. The highest BCUT2D eigenvalue weighted by atomic mass is 31.2. The van der Waals surface area contributed by atoms with E-state index >= 15 is 0 Å². The fourth-order valence-corrected chi connectivity index (χ4v) is 1.18. The number of rotatable bonds is 8. The highest BCUT2D eigenvalue weighted by Gasteiger charge is 2.34. The van der Waals surface area contributed by atoms with Gasteiger partial charge in [0.05, 0.1) is 7.95 Å². The van der Waals surface area contributed by atoms with Crippen molar-refractivity contribution in [3.05, 3.63) is 0 Å². The van der Waals surface area contributed by atoms with E-state index in [9.17, 15) is 24.7 Å². The number of hydrogen-bond acceptors (Lipinski definition) is 8. The summed E-state index contributed by atoms with van der Waals surface area (Å²) in [5.41, 5.74) is 0. The first-order valence-electron chi connectivity index (χ1n) is 5.11. The standard InChI is InChI=1S/C7H15O10P/c8-1-3(9)5(11)7(13)6(12)4(10)2-17-18(14,15)16/h4-8,10-13H,1-2H2,(H2,14,15,16)/t4-,5-,6-,7+/m1/s1/i2+2T/t2?,4-,5-,6-,7+. The summed E-state index contributed by atoms with van der Waals surface area (Å²) in [7, 11) is -5.10. The van der Waals surface area contributed by atoms with Gasteiger partial charge in [0.25, 0.3) is 0 Å². The molecule has 0 radical (unpaired) electrons. The number of hydrogen-bond donors (Lipinski definition) is 7. The maximum atomic E-state index is 10.8. The summed E-state index contributed by atoms with van der Waals surface area (Å²) in [6, 6.07) is 0. The van der Waals surface area contributed by atoms with Gasteiger partial charge in [-0.3, -0.25) is 9.32 Å². The summed E-state index contributed by atoms with van der Waals surface area (Å²) in [5, 5.41) is 45.4. The first-order chi connectivity index (χ1) is 8.51. The topological polar surface area (TPSA) is 185 Å². The Labute approximate surface area is 103 Å². The molecule has 0 bridgehead atoms. The summed E-state index contributed by atoms with van der Waals surface area (Å²) in [4.78, 5) is 27.6. The van der Waals surface area contributed by atoms with Crippen molar-refractivity contribution >= 4 is 13.6 Å². The smallest absolute Gasteiger partial charge is 0.388 e. The number of carbonyl (C=O) groups is 1. The number of aliphatic hydroxyl groups is 5. The SMILES string of the molecule is [3H][14CH](OP(=O)(O)O)[C@@H](O)[C@@H](O)[C@@H](O)[C@H](O)C(=O)CO. The molecule has 0 aliphatic carbocycles. The van der Waals surface area contributed by atoms with Crippen molar-refractivity contribution in [2.75, 3.05) is 13.2 Å². The molecule has 18 heavy (non-hydrogen) atoms. The van der Waals surface area contributed by atoms with Crippen LogP contribution in [0.4, 0.5) is 0 Å². The summed E-state index contributed by atoms with van der Waals surface area (Å²) in [6.45, 7) is -3.47. The van der Waals surface area contributed by atoms with E-state index < -0.39 is 51.2 Å². The molecule has 0 saturated heterocycles. The minimum atomic E-state index is -5.10. The second-order valence-corrected chi connectivity index (χ2v) is 4.47. The fraction of sp³-hybridized carbons (Fsp3) is 0.857. The van der Waals surface area contributed by atoms with E-state index in [1.165, 1.54) is 0 Å². The predicted molar refractivity (Wildman–Crippen MR) is 54.1 cm³/mol. The Morgan fingerprint density at radius 3 is 2.17 bits per heavy atom. The molecule has 0 aliphatic rings. The quantitative estimate of drug-likeness (QED) is 0.218. The Morgan fingerprint density at radius 2 is 1.78 bits per heavy atom. The van der Waals surface area contributed by atoms with Crippen LogP contribution in [0, 0.1) is 0 Å². The van der Waals surface area contributed by atoms with Gasteiger partial charge in [0.15, 0.2) is 5.78 Å². The lowest BCUT2D eigenvalue weighted by Crippen LogP contribution is -2.49. The van der Waals surface area contributed by atoms with Crippen molar-refractivity contribution in [1.29, 1.82) is 0 Å². The second kappa shape index (κ2) is 7.24. The van der Waals surface area contributed by atoms with Crippen LogP contribution in [-0.2, 0) is 13.9 Å². The molecule has 0 spiro atoms. The first kappa shape index (κ1) is 15.6. The molecular weight excluding hydrogens is 277 g/mol. The van der Waals surface area contributed by atoms with E-state index in [1.54, 1.807) is 0 Å². The molecule has 10 nitrogen and oxygen atoms in total. The minimum Gasteiger partial charge on any atom is -0.388 e. The molecule has 0 rings (SSSR count). The highest BCUT2D eigenvalue weighted by molar-refractivity contribution is 7.46. The van der Waals surface area contributed by atoms with Crippen LogP contribution >= 0.6 is 7.82 Å². The third-order valence-electron chi connectivity index (χ3n) is 1.85. The van der Waals surface area contributed by atoms with E-state index in [0.717, 1.165) is 0 Å². The zero-order valence-electron chi connectivity index (χ0n) is 9.90. The number of carbonyl (C=O) groups excluding carboxylic acids is 1. The van der Waals surface area contributed by atoms with E-state index in [2.05, 4.69) is 4.52 Å². The Bertz CT molecular complexity index is 345. The molecular formula is C7H15O10P. The van der Waals surface area contributed by atoms with Crippen LogP contribution in [0.25, 0.3) is 0 Å². The number of phosphoric ester groups is 1. The normalized spacial score (nSPS) is 21.6. The number of Topliss-reactive ketones (excluding diaryl/α,β-unsaturated/α-hetero) is 1. The monoisotopic (exact) mass is 294 g/mol. The Morgan fingerprint density at radius 1 is 1.28 bits per heavy atom. The Kier molecular flexibility index (Phi) is 6.29. The fourth-order valence-electron chi connectivity index (χ4n) is 0.895. The third kappa shape index (κ3) is 5.96. The summed E-state index contributed by atoms with van der Waals surface area (Å²) in [6.07, 6.45) is -9.14. The summed E-state index contributed by atoms with van der Waals surface area (Å²) < 4.78 is 21.1. The van der Waals surface area contributed by atoms with Gasteiger partial charge in [-0.2, -0.15) is 0 Å². The Balaban J connectivity index is 4.67. The lowest BCUT2D eigenvalue weighted by Gasteiger charge is -2.25. The average molecular weight is 294 g/mol. The van der Waals surface area contributed by atoms with Crippen LogP contribution in [0.2, 0.25) is 0 Å². The highest BCUT2D eigenvalue weighted by Crippen LogP contribution is 2.35. The van der Waals surface area contributed by atoms with Crippen LogP contribution in [0.5, 0.6) is 0 Å². The third-order valence-corrected chi connectivity index (χ3v) is 2.24. The lowest BCUT2D eigenvalue weighted by atomic mass is 10.0.